The number of nitrogens with zero attached hydrogens (tertiary/aromatic N) is 1. The molecule has 1 saturated heterocycles. The van der Waals surface area contributed by atoms with E-state index in [4.69, 9.17) is 4.74 Å². The molecule has 4 rings (SSSR count). The molecule has 7 heteroatoms. The molecule has 0 bridgehead atoms. The van der Waals surface area contributed by atoms with E-state index in [-0.39, 0.29) is 30.3 Å². The third kappa shape index (κ3) is 5.34. The summed E-state index contributed by atoms with van der Waals surface area (Å²) in [5, 5.41) is 12.4. The molecule has 0 saturated carbocycles. The molecule has 2 amide bonds. The maximum absolute atomic E-state index is 13.4. The number of hydrogen-bond acceptors (Lipinski definition) is 4. The molecule has 1 aliphatic carbocycles. The Morgan fingerprint density at radius 1 is 1.03 bits per heavy atom. The van der Waals surface area contributed by atoms with Crippen LogP contribution in [0.5, 0.6) is 0 Å². The van der Waals surface area contributed by atoms with Crippen molar-refractivity contribution in [1.82, 2.24) is 10.2 Å². The zero-order chi connectivity index (χ0) is 25.1. The van der Waals surface area contributed by atoms with Crippen LogP contribution in [0.4, 0.5) is 4.79 Å². The summed E-state index contributed by atoms with van der Waals surface area (Å²) in [5.74, 6) is -1.10. The highest BCUT2D eigenvalue weighted by Gasteiger charge is 2.38. The molecule has 3 atom stereocenters. The van der Waals surface area contributed by atoms with E-state index in [0.717, 1.165) is 28.7 Å². The van der Waals surface area contributed by atoms with E-state index in [9.17, 15) is 19.5 Å². The lowest BCUT2D eigenvalue weighted by molar-refractivity contribution is -0.154. The highest BCUT2D eigenvalue weighted by atomic mass is 16.5. The number of carboxylic acids is 1. The normalized spacial score (nSPS) is 20.2. The Morgan fingerprint density at radius 3 is 2.20 bits per heavy atom. The number of benzene rings is 2. The van der Waals surface area contributed by atoms with Crippen molar-refractivity contribution in [3.05, 3.63) is 59.7 Å². The monoisotopic (exact) mass is 478 g/mol. The van der Waals surface area contributed by atoms with Crippen LogP contribution in [0.3, 0.4) is 0 Å². The Hall–Kier alpha value is -3.35. The quantitative estimate of drug-likeness (QED) is 0.604. The lowest BCUT2D eigenvalue weighted by atomic mass is 9.92. The Labute approximate surface area is 206 Å². The predicted molar refractivity (Wildman–Crippen MR) is 133 cm³/mol. The van der Waals surface area contributed by atoms with Crippen LogP contribution in [0.1, 0.15) is 57.1 Å². The van der Waals surface area contributed by atoms with Gasteiger partial charge in [0.15, 0.2) is 0 Å². The zero-order valence-corrected chi connectivity index (χ0v) is 20.6. The third-order valence-corrected chi connectivity index (χ3v) is 7.03. The average molecular weight is 479 g/mol. The number of ether oxygens (including phenoxy) is 1. The van der Waals surface area contributed by atoms with Gasteiger partial charge in [0, 0.05) is 12.5 Å². The van der Waals surface area contributed by atoms with Crippen molar-refractivity contribution in [2.75, 3.05) is 13.2 Å². The number of hydrogen-bond donors (Lipinski definition) is 2. The molecular weight excluding hydrogens is 444 g/mol. The first kappa shape index (κ1) is 24.8. The van der Waals surface area contributed by atoms with Crippen molar-refractivity contribution >= 4 is 18.0 Å². The summed E-state index contributed by atoms with van der Waals surface area (Å²) in [6.45, 7) is 6.47. The van der Waals surface area contributed by atoms with Crippen LogP contribution in [0.15, 0.2) is 48.5 Å². The molecule has 2 N–H and O–H groups in total. The van der Waals surface area contributed by atoms with E-state index in [2.05, 4.69) is 29.6 Å². The molecule has 2 aromatic carbocycles. The van der Waals surface area contributed by atoms with Gasteiger partial charge in [-0.2, -0.15) is 0 Å². The molecule has 0 aromatic heterocycles. The fraction of sp³-hybridized carbons (Fsp3) is 0.464. The van der Waals surface area contributed by atoms with Gasteiger partial charge in [0.25, 0.3) is 0 Å². The minimum atomic E-state index is -1.00. The SMILES string of the molecule is CC(C)CC(NC(=O)OCC1c2ccccc2-c2ccccc21)C(=O)N1CC(C)CCC1C(=O)O. The van der Waals surface area contributed by atoms with E-state index in [1.807, 2.05) is 45.0 Å². The minimum Gasteiger partial charge on any atom is -0.480 e. The van der Waals surface area contributed by atoms with Crippen molar-refractivity contribution in [3.8, 4) is 11.1 Å². The molecule has 1 fully saturated rings. The van der Waals surface area contributed by atoms with Gasteiger partial charge in [-0.25, -0.2) is 9.59 Å². The predicted octanol–water partition coefficient (Wildman–Crippen LogP) is 4.65. The van der Waals surface area contributed by atoms with E-state index in [1.54, 1.807) is 0 Å². The van der Waals surface area contributed by atoms with E-state index in [1.165, 1.54) is 4.90 Å². The summed E-state index contributed by atoms with van der Waals surface area (Å²) >= 11 is 0. The van der Waals surface area contributed by atoms with Crippen LogP contribution in [0.25, 0.3) is 11.1 Å². The molecule has 2 aliphatic rings. The molecular formula is C28H34N2O5. The van der Waals surface area contributed by atoms with E-state index >= 15 is 0 Å². The van der Waals surface area contributed by atoms with Crippen LogP contribution < -0.4 is 5.32 Å². The van der Waals surface area contributed by atoms with Gasteiger partial charge in [0.2, 0.25) is 5.91 Å². The Kier molecular flexibility index (Phi) is 7.43. The number of carbonyl (C=O) groups excluding carboxylic acids is 2. The molecule has 2 aromatic rings. The van der Waals surface area contributed by atoms with E-state index in [0.29, 0.717) is 19.4 Å². The van der Waals surface area contributed by atoms with Crippen LogP contribution in [-0.2, 0) is 14.3 Å². The third-order valence-electron chi connectivity index (χ3n) is 7.03. The number of fused-ring (bicyclic) bond motifs is 3. The van der Waals surface area contributed by atoms with Crippen LogP contribution in [0.2, 0.25) is 0 Å². The topological polar surface area (TPSA) is 95.9 Å². The fourth-order valence-electron chi connectivity index (χ4n) is 5.33. The number of likely N-dealkylation sites (tertiary alicyclic amines) is 1. The molecule has 1 aliphatic heterocycles. The number of rotatable bonds is 7. The second-order valence-electron chi connectivity index (χ2n) is 10.2. The zero-order valence-electron chi connectivity index (χ0n) is 20.6. The highest BCUT2D eigenvalue weighted by Crippen LogP contribution is 2.44. The number of carboxylic acid groups (broad SMARTS) is 1. The largest absolute Gasteiger partial charge is 0.480 e. The van der Waals surface area contributed by atoms with Gasteiger partial charge in [-0.15, -0.1) is 0 Å². The number of alkyl carbamates (subject to hydrolysis) is 1. The van der Waals surface area contributed by atoms with Gasteiger partial charge >= 0.3 is 12.1 Å². The summed E-state index contributed by atoms with van der Waals surface area (Å²) in [5.41, 5.74) is 4.51. The van der Waals surface area contributed by atoms with Gasteiger partial charge < -0.3 is 20.1 Å². The van der Waals surface area contributed by atoms with E-state index < -0.39 is 24.1 Å². The smallest absolute Gasteiger partial charge is 0.407 e. The Balaban J connectivity index is 1.46. The van der Waals surface area contributed by atoms with Crippen LogP contribution in [-0.4, -0.2) is 53.2 Å². The van der Waals surface area contributed by atoms with Crippen molar-refractivity contribution < 1.29 is 24.2 Å². The summed E-state index contributed by atoms with van der Waals surface area (Å²) in [6, 6.07) is 14.5. The molecule has 1 heterocycles. The van der Waals surface area contributed by atoms with Crippen LogP contribution >= 0.6 is 0 Å². The highest BCUT2D eigenvalue weighted by molar-refractivity contribution is 5.89. The summed E-state index contributed by atoms with van der Waals surface area (Å²) in [7, 11) is 0. The van der Waals surface area contributed by atoms with Gasteiger partial charge in [-0.3, -0.25) is 4.79 Å². The molecule has 35 heavy (non-hydrogen) atoms. The van der Waals surface area contributed by atoms with Crippen molar-refractivity contribution in [1.29, 1.82) is 0 Å². The maximum atomic E-state index is 13.4. The van der Waals surface area contributed by atoms with Crippen molar-refractivity contribution in [2.24, 2.45) is 11.8 Å². The van der Waals surface area contributed by atoms with Crippen LogP contribution in [0, 0.1) is 11.8 Å². The first-order valence-electron chi connectivity index (χ1n) is 12.4. The maximum Gasteiger partial charge on any atom is 0.407 e. The van der Waals surface area contributed by atoms with Crippen molar-refractivity contribution in [3.63, 3.8) is 0 Å². The number of nitrogens with one attached hydrogen (secondary N) is 1. The lowest BCUT2D eigenvalue weighted by Gasteiger charge is -2.38. The summed E-state index contributed by atoms with van der Waals surface area (Å²) < 4.78 is 5.65. The molecule has 0 spiro atoms. The lowest BCUT2D eigenvalue weighted by Crippen LogP contribution is -2.57. The average Bonchev–Trinajstić information content (AvgIpc) is 3.15. The second kappa shape index (κ2) is 10.5. The van der Waals surface area contributed by atoms with Gasteiger partial charge in [0.05, 0.1) is 0 Å². The first-order chi connectivity index (χ1) is 16.8. The van der Waals surface area contributed by atoms with Crippen molar-refractivity contribution in [2.45, 2.75) is 58.0 Å². The fourth-order valence-corrected chi connectivity index (χ4v) is 5.33. The molecule has 186 valence electrons. The minimum absolute atomic E-state index is 0.0771. The number of aliphatic carboxylic acids is 1. The van der Waals surface area contributed by atoms with Gasteiger partial charge in [0.1, 0.15) is 18.7 Å². The van der Waals surface area contributed by atoms with Gasteiger partial charge in [-0.05, 0) is 53.4 Å². The molecule has 3 unspecified atom stereocenters. The number of piperidine rings is 1. The molecule has 0 radical (unpaired) electrons. The summed E-state index contributed by atoms with van der Waals surface area (Å²) in [4.78, 5) is 39.5. The number of carbonyl (C=O) groups is 3. The molecule has 7 nitrogen and oxygen atoms in total. The van der Waals surface area contributed by atoms with Gasteiger partial charge in [-0.1, -0.05) is 69.3 Å². The Morgan fingerprint density at radius 2 is 1.63 bits per heavy atom. The first-order valence-corrected chi connectivity index (χ1v) is 12.4. The number of amides is 2. The standard InChI is InChI=1S/C28H34N2O5/c1-17(2)14-24(26(31)30-15-18(3)12-13-25(30)27(32)33)29-28(34)35-16-23-21-10-6-4-8-19(21)20-9-5-7-11-22(20)23/h4-11,17-18,23-25H,12-16H2,1-3H3,(H,29,34)(H,32,33). The second-order valence-corrected chi connectivity index (χ2v) is 10.2. The Bertz CT molecular complexity index is 1050. The summed E-state index contributed by atoms with van der Waals surface area (Å²) in [6.07, 6.45) is 0.917.